The van der Waals surface area contributed by atoms with E-state index in [1.807, 2.05) is 12.1 Å². The molecule has 5 rings (SSSR count). The van der Waals surface area contributed by atoms with E-state index in [2.05, 4.69) is 14.1 Å². The smallest absolute Gasteiger partial charge is 0.353 e. The number of fused-ring (bicyclic) bond motifs is 5. The van der Waals surface area contributed by atoms with E-state index in [4.69, 9.17) is 9.47 Å². The summed E-state index contributed by atoms with van der Waals surface area (Å²) in [7, 11) is 4.44. The molecule has 3 unspecified atom stereocenters. The lowest BCUT2D eigenvalue weighted by atomic mass is 9.88. The Labute approximate surface area is 181 Å². The summed E-state index contributed by atoms with van der Waals surface area (Å²) in [5.74, 6) is -0.823. The second-order valence-corrected chi connectivity index (χ2v) is 8.72. The molecular weight excluding hydrogens is 437 g/mol. The molecule has 5 atom stereocenters. The van der Waals surface area contributed by atoms with Crippen LogP contribution < -0.4 is 17.0 Å². The highest BCUT2D eigenvalue weighted by Gasteiger charge is 2.71. The number of piperidine rings is 1. The highest BCUT2D eigenvalue weighted by Crippen LogP contribution is 2.52. The molecule has 3 aliphatic heterocycles. The first kappa shape index (κ1) is 20.5. The Morgan fingerprint density at radius 3 is 1.86 bits per heavy atom. The van der Waals surface area contributed by atoms with Crippen molar-refractivity contribution < 1.29 is 40.1 Å². The van der Waals surface area contributed by atoms with Crippen molar-refractivity contribution in [2.45, 2.75) is 48.9 Å². The lowest BCUT2D eigenvalue weighted by Crippen LogP contribution is -3.00. The number of alkyl halides is 1. The zero-order chi connectivity index (χ0) is 19.5. The lowest BCUT2D eigenvalue weighted by Gasteiger charge is -2.45. The van der Waals surface area contributed by atoms with Crippen LogP contribution in [-0.2, 0) is 19.9 Å². The van der Waals surface area contributed by atoms with E-state index in [0.29, 0.717) is 23.2 Å². The average molecular weight is 462 g/mol. The Bertz CT molecular complexity index is 832. The van der Waals surface area contributed by atoms with E-state index >= 15 is 4.39 Å². The number of likely N-dealkylation sites (N-methyl/N-ethyl adjacent to an activating group) is 1. The van der Waals surface area contributed by atoms with Gasteiger partial charge in [0.1, 0.15) is 30.4 Å². The third-order valence-corrected chi connectivity index (χ3v) is 6.94. The second kappa shape index (κ2) is 7.18. The maximum absolute atomic E-state index is 16.3. The van der Waals surface area contributed by atoms with E-state index in [1.54, 1.807) is 48.5 Å². The Kier molecular flexibility index (Phi) is 5.08. The normalized spacial score (nSPS) is 31.3. The molecule has 0 spiro atoms. The van der Waals surface area contributed by atoms with Gasteiger partial charge in [-0.15, -0.1) is 0 Å². The summed E-state index contributed by atoms with van der Waals surface area (Å²) in [5, 5.41) is 0. The van der Waals surface area contributed by atoms with Crippen molar-refractivity contribution in [3.05, 3.63) is 71.8 Å². The number of quaternary nitrogens is 1. The van der Waals surface area contributed by atoms with Crippen molar-refractivity contribution in [2.24, 2.45) is 0 Å². The van der Waals surface area contributed by atoms with Crippen LogP contribution in [0.25, 0.3) is 0 Å². The molecule has 2 aromatic rings. The third kappa shape index (κ3) is 3.13. The van der Waals surface area contributed by atoms with Crippen LogP contribution >= 0.6 is 0 Å². The Hall–Kier alpha value is -1.76. The SMILES string of the molecule is C[N+]1(C)C2CC(OC(=O)C(F)(c3ccccc3)c3ccccc3)C[C@H]1[C@H]1OC21.[Br-]. The first-order valence-corrected chi connectivity index (χ1v) is 9.92. The van der Waals surface area contributed by atoms with Gasteiger partial charge in [-0.05, 0) is 0 Å². The van der Waals surface area contributed by atoms with Crippen LogP contribution in [0.4, 0.5) is 4.39 Å². The Balaban J connectivity index is 0.00000205. The Morgan fingerprint density at radius 1 is 0.966 bits per heavy atom. The summed E-state index contributed by atoms with van der Waals surface area (Å²) in [6.07, 6.45) is 1.70. The number of hydrogen-bond acceptors (Lipinski definition) is 3. The summed E-state index contributed by atoms with van der Waals surface area (Å²) >= 11 is 0. The van der Waals surface area contributed by atoms with E-state index in [-0.39, 0.29) is 35.3 Å². The maximum atomic E-state index is 16.3. The van der Waals surface area contributed by atoms with Crippen LogP contribution in [0.3, 0.4) is 0 Å². The van der Waals surface area contributed by atoms with Crippen molar-refractivity contribution >= 4 is 5.97 Å². The number of hydrogen-bond donors (Lipinski definition) is 0. The van der Waals surface area contributed by atoms with Gasteiger partial charge in [0.15, 0.2) is 0 Å². The number of morpholine rings is 1. The number of halogens is 2. The van der Waals surface area contributed by atoms with Gasteiger partial charge in [-0.1, -0.05) is 60.7 Å². The fourth-order valence-corrected chi connectivity index (χ4v) is 5.27. The quantitative estimate of drug-likeness (QED) is 0.371. The van der Waals surface area contributed by atoms with E-state index in [1.165, 1.54) is 0 Å². The van der Waals surface area contributed by atoms with Crippen molar-refractivity contribution in [1.29, 1.82) is 0 Å². The van der Waals surface area contributed by atoms with Gasteiger partial charge < -0.3 is 30.9 Å². The van der Waals surface area contributed by atoms with E-state index < -0.39 is 11.6 Å². The number of esters is 1. The number of nitrogens with zero attached hydrogens (tertiary/aromatic N) is 1. The summed E-state index contributed by atoms with van der Waals surface area (Å²) in [5.41, 5.74) is -1.72. The molecule has 29 heavy (non-hydrogen) atoms. The number of rotatable bonds is 4. The molecule has 6 heteroatoms. The van der Waals surface area contributed by atoms with Gasteiger partial charge in [0, 0.05) is 24.0 Å². The molecule has 4 nitrogen and oxygen atoms in total. The first-order valence-electron chi connectivity index (χ1n) is 9.92. The van der Waals surface area contributed by atoms with Crippen molar-refractivity contribution in [2.75, 3.05) is 14.1 Å². The van der Waals surface area contributed by atoms with Crippen LogP contribution in [0.15, 0.2) is 60.7 Å². The molecule has 3 saturated heterocycles. The number of carbonyl (C=O) groups is 1. The summed E-state index contributed by atoms with van der Waals surface area (Å²) in [6, 6.07) is 17.8. The minimum absolute atomic E-state index is 0. The fourth-order valence-electron chi connectivity index (χ4n) is 5.27. The van der Waals surface area contributed by atoms with Crippen LogP contribution in [0, 0.1) is 0 Å². The highest BCUT2D eigenvalue weighted by molar-refractivity contribution is 5.85. The predicted molar refractivity (Wildman–Crippen MR) is 102 cm³/mol. The lowest BCUT2D eigenvalue weighted by molar-refractivity contribution is -0.938. The third-order valence-electron chi connectivity index (χ3n) is 6.94. The van der Waals surface area contributed by atoms with Gasteiger partial charge in [0.05, 0.1) is 14.1 Å². The fraction of sp³-hybridized carbons (Fsp3) is 0.435. The molecule has 2 aromatic carbocycles. The molecule has 3 heterocycles. The second-order valence-electron chi connectivity index (χ2n) is 8.72. The Morgan fingerprint density at radius 2 is 1.41 bits per heavy atom. The molecule has 0 radical (unpaired) electrons. The summed E-state index contributed by atoms with van der Waals surface area (Å²) in [4.78, 5) is 13.2. The molecule has 0 aliphatic carbocycles. The van der Waals surface area contributed by atoms with Gasteiger partial charge in [-0.2, -0.15) is 0 Å². The number of ether oxygens (including phenoxy) is 2. The van der Waals surface area contributed by atoms with Crippen molar-refractivity contribution in [3.8, 4) is 0 Å². The molecule has 154 valence electrons. The molecule has 3 fully saturated rings. The van der Waals surface area contributed by atoms with Crippen LogP contribution in [0.1, 0.15) is 24.0 Å². The number of carbonyl (C=O) groups excluding carboxylic acids is 1. The number of epoxide rings is 1. The monoisotopic (exact) mass is 461 g/mol. The zero-order valence-corrected chi connectivity index (χ0v) is 18.1. The van der Waals surface area contributed by atoms with Gasteiger partial charge in [0.2, 0.25) is 0 Å². The highest BCUT2D eigenvalue weighted by atomic mass is 79.9. The molecule has 2 bridgehead atoms. The zero-order valence-electron chi connectivity index (χ0n) is 16.5. The summed E-state index contributed by atoms with van der Waals surface area (Å²) < 4.78 is 28.9. The minimum Gasteiger partial charge on any atom is -1.00 e. The molecular formula is C23H25BrFNO3. The molecule has 0 saturated carbocycles. The topological polar surface area (TPSA) is 38.8 Å². The van der Waals surface area contributed by atoms with Crippen LogP contribution in [0.2, 0.25) is 0 Å². The van der Waals surface area contributed by atoms with Crippen LogP contribution in [-0.4, -0.2) is 54.9 Å². The molecule has 3 aliphatic rings. The van der Waals surface area contributed by atoms with Gasteiger partial charge in [-0.3, -0.25) is 0 Å². The van der Waals surface area contributed by atoms with Crippen molar-refractivity contribution in [3.63, 3.8) is 0 Å². The van der Waals surface area contributed by atoms with Gasteiger partial charge in [-0.25, -0.2) is 9.18 Å². The standard InChI is InChI=1S/C23H25FNO3.BrH/c1-25(2)18-13-17(14-19(25)21-20(18)28-21)27-22(26)23(24,15-9-5-3-6-10-15)16-11-7-4-8-12-16;/h3-12,17-21H,13-14H2,1-2H3;1H/q+1;/p-1/t17?,18-,19?,20+,21?;/m0./s1. The first-order chi connectivity index (χ1) is 13.4. The molecule has 0 N–H and O–H groups in total. The molecule has 0 aromatic heterocycles. The maximum Gasteiger partial charge on any atom is 0.353 e. The van der Waals surface area contributed by atoms with E-state index in [9.17, 15) is 4.79 Å². The van der Waals surface area contributed by atoms with Gasteiger partial charge >= 0.3 is 5.97 Å². The minimum atomic E-state index is -2.32. The predicted octanol–water partition coefficient (Wildman–Crippen LogP) is 0.204. The number of benzene rings is 2. The van der Waals surface area contributed by atoms with Gasteiger partial charge in [0.25, 0.3) is 5.67 Å². The summed E-state index contributed by atoms with van der Waals surface area (Å²) in [6.45, 7) is 0. The van der Waals surface area contributed by atoms with E-state index in [0.717, 1.165) is 17.3 Å². The van der Waals surface area contributed by atoms with Crippen LogP contribution in [0.5, 0.6) is 0 Å². The van der Waals surface area contributed by atoms with Crippen molar-refractivity contribution in [1.82, 2.24) is 0 Å². The largest absolute Gasteiger partial charge is 1.00 e. The molecule has 0 amide bonds. The average Bonchev–Trinajstić information content (AvgIpc) is 3.47.